The van der Waals surface area contributed by atoms with Gasteiger partial charge in [-0.15, -0.1) is 0 Å². The first-order valence-corrected chi connectivity index (χ1v) is 9.45. The van der Waals surface area contributed by atoms with Crippen LogP contribution >= 0.6 is 0 Å². The first kappa shape index (κ1) is 20.3. The van der Waals surface area contributed by atoms with Gasteiger partial charge in [-0.3, -0.25) is 9.59 Å². The van der Waals surface area contributed by atoms with E-state index in [1.807, 2.05) is 6.92 Å². The average Bonchev–Trinajstić information content (AvgIpc) is 3.21. The van der Waals surface area contributed by atoms with Crippen molar-refractivity contribution in [1.29, 1.82) is 0 Å². The normalized spacial score (nSPS) is 12.4. The minimum absolute atomic E-state index is 0.154. The van der Waals surface area contributed by atoms with Crippen molar-refractivity contribution < 1.29 is 23.8 Å². The van der Waals surface area contributed by atoms with Gasteiger partial charge in [0.1, 0.15) is 11.4 Å². The van der Waals surface area contributed by atoms with Gasteiger partial charge in [-0.25, -0.2) is 0 Å². The number of hydrogen-bond acceptors (Lipinski definition) is 5. The van der Waals surface area contributed by atoms with Crippen molar-refractivity contribution >= 4 is 17.9 Å². The average molecular weight is 396 g/mol. The molecule has 29 heavy (non-hydrogen) atoms. The molecule has 0 radical (unpaired) electrons. The number of methoxy groups -OCH3 is 1. The molecule has 1 aliphatic rings. The molecule has 0 saturated carbocycles. The van der Waals surface area contributed by atoms with Crippen molar-refractivity contribution in [3.05, 3.63) is 59.3 Å². The van der Waals surface area contributed by atoms with Crippen molar-refractivity contribution in [2.45, 2.75) is 19.8 Å². The third-order valence-electron chi connectivity index (χ3n) is 4.37. The van der Waals surface area contributed by atoms with Crippen molar-refractivity contribution in [2.24, 2.45) is 0 Å². The highest BCUT2D eigenvalue weighted by Crippen LogP contribution is 2.33. The highest BCUT2D eigenvalue weighted by Gasteiger charge is 2.17. The highest BCUT2D eigenvalue weighted by molar-refractivity contribution is 6.05. The lowest BCUT2D eigenvalue weighted by molar-refractivity contribution is -0.117. The molecule has 0 atom stereocenters. The Hall–Kier alpha value is -3.48. The van der Waals surface area contributed by atoms with E-state index in [0.717, 1.165) is 12.8 Å². The summed E-state index contributed by atoms with van der Waals surface area (Å²) in [5.41, 5.74) is 1.29. The number of nitrogens with one attached hydrogen (secondary N) is 2. The summed E-state index contributed by atoms with van der Waals surface area (Å²) < 4.78 is 15.8. The Kier molecular flexibility index (Phi) is 6.73. The molecule has 0 spiro atoms. The summed E-state index contributed by atoms with van der Waals surface area (Å²) in [6, 6.07) is 12.0. The second-order valence-electron chi connectivity index (χ2n) is 6.46. The SMILES string of the molecule is CCCCNC(=O)C(=Cc1ccc2c(c1)OCO2)NC(=O)c1ccc(OC)cc1. The number of benzene rings is 2. The lowest BCUT2D eigenvalue weighted by atomic mass is 10.1. The van der Waals surface area contributed by atoms with Crippen LogP contribution in [-0.2, 0) is 4.79 Å². The molecule has 7 heteroatoms. The highest BCUT2D eigenvalue weighted by atomic mass is 16.7. The summed E-state index contributed by atoms with van der Waals surface area (Å²) in [6.07, 6.45) is 3.43. The van der Waals surface area contributed by atoms with Gasteiger partial charge in [0.25, 0.3) is 11.8 Å². The summed E-state index contributed by atoms with van der Waals surface area (Å²) in [6.45, 7) is 2.74. The summed E-state index contributed by atoms with van der Waals surface area (Å²) in [5, 5.41) is 5.54. The molecule has 2 aromatic rings. The summed E-state index contributed by atoms with van der Waals surface area (Å²) >= 11 is 0. The number of ether oxygens (including phenoxy) is 3. The zero-order valence-electron chi connectivity index (χ0n) is 16.5. The number of carbonyl (C=O) groups excluding carboxylic acids is 2. The Morgan fingerprint density at radius 3 is 2.59 bits per heavy atom. The van der Waals surface area contributed by atoms with Gasteiger partial charge in [0, 0.05) is 12.1 Å². The fourth-order valence-corrected chi connectivity index (χ4v) is 2.74. The topological polar surface area (TPSA) is 85.9 Å². The van der Waals surface area contributed by atoms with Gasteiger partial charge in [-0.05, 0) is 54.5 Å². The van der Waals surface area contributed by atoms with Crippen LogP contribution in [0, 0.1) is 0 Å². The first-order chi connectivity index (χ1) is 14.1. The number of fused-ring (bicyclic) bond motifs is 1. The summed E-state index contributed by atoms with van der Waals surface area (Å²) in [7, 11) is 1.56. The van der Waals surface area contributed by atoms with E-state index >= 15 is 0 Å². The van der Waals surface area contributed by atoms with E-state index in [1.165, 1.54) is 0 Å². The maximum absolute atomic E-state index is 12.7. The predicted octanol–water partition coefficient (Wildman–Crippen LogP) is 3.11. The van der Waals surface area contributed by atoms with Crippen LogP contribution in [0.2, 0.25) is 0 Å². The van der Waals surface area contributed by atoms with Gasteiger partial charge in [-0.2, -0.15) is 0 Å². The molecule has 0 unspecified atom stereocenters. The molecule has 2 amide bonds. The fourth-order valence-electron chi connectivity index (χ4n) is 2.74. The molecule has 3 rings (SSSR count). The van der Waals surface area contributed by atoms with Gasteiger partial charge in [0.05, 0.1) is 7.11 Å². The third-order valence-corrected chi connectivity index (χ3v) is 4.37. The molecule has 1 aliphatic heterocycles. The van der Waals surface area contributed by atoms with Gasteiger partial charge in [0.15, 0.2) is 11.5 Å². The van der Waals surface area contributed by atoms with Crippen LogP contribution in [0.5, 0.6) is 17.2 Å². The van der Waals surface area contributed by atoms with Crippen molar-refractivity contribution in [1.82, 2.24) is 10.6 Å². The summed E-state index contributed by atoms with van der Waals surface area (Å²) in [5.74, 6) is 1.17. The zero-order valence-corrected chi connectivity index (χ0v) is 16.5. The Bertz CT molecular complexity index is 906. The lowest BCUT2D eigenvalue weighted by Gasteiger charge is -2.11. The van der Waals surface area contributed by atoms with Gasteiger partial charge >= 0.3 is 0 Å². The third kappa shape index (κ3) is 5.28. The van der Waals surface area contributed by atoms with E-state index in [9.17, 15) is 9.59 Å². The minimum atomic E-state index is -0.384. The zero-order chi connectivity index (χ0) is 20.6. The summed E-state index contributed by atoms with van der Waals surface area (Å²) in [4.78, 5) is 25.3. The molecular formula is C22H24N2O5. The van der Waals surface area contributed by atoms with Crippen LogP contribution in [0.4, 0.5) is 0 Å². The maximum atomic E-state index is 12.7. The maximum Gasteiger partial charge on any atom is 0.267 e. The molecule has 0 bridgehead atoms. The van der Waals surface area contributed by atoms with Gasteiger partial charge < -0.3 is 24.8 Å². The van der Waals surface area contributed by atoms with E-state index in [-0.39, 0.29) is 24.3 Å². The number of unbranched alkanes of at least 4 members (excludes halogenated alkanes) is 1. The van der Waals surface area contributed by atoms with E-state index in [2.05, 4.69) is 10.6 Å². The molecule has 2 N–H and O–H groups in total. The Morgan fingerprint density at radius 1 is 1.10 bits per heavy atom. The predicted molar refractivity (Wildman–Crippen MR) is 109 cm³/mol. The van der Waals surface area contributed by atoms with Crippen molar-refractivity contribution in [3.63, 3.8) is 0 Å². The molecule has 1 heterocycles. The smallest absolute Gasteiger partial charge is 0.267 e. The first-order valence-electron chi connectivity index (χ1n) is 9.45. The number of carbonyl (C=O) groups is 2. The second kappa shape index (κ2) is 9.64. The van der Waals surface area contributed by atoms with Crippen LogP contribution < -0.4 is 24.8 Å². The molecular weight excluding hydrogens is 372 g/mol. The Morgan fingerprint density at radius 2 is 1.86 bits per heavy atom. The molecule has 152 valence electrons. The Balaban J connectivity index is 1.81. The number of hydrogen-bond donors (Lipinski definition) is 2. The van der Waals surface area contributed by atoms with Gasteiger partial charge in [-0.1, -0.05) is 19.4 Å². The minimum Gasteiger partial charge on any atom is -0.497 e. The number of rotatable bonds is 8. The van der Waals surface area contributed by atoms with E-state index in [4.69, 9.17) is 14.2 Å². The van der Waals surface area contributed by atoms with E-state index < -0.39 is 0 Å². The van der Waals surface area contributed by atoms with Crippen LogP contribution in [0.25, 0.3) is 6.08 Å². The molecule has 0 fully saturated rings. The number of amides is 2. The fraction of sp³-hybridized carbons (Fsp3) is 0.273. The van der Waals surface area contributed by atoms with Gasteiger partial charge in [0.2, 0.25) is 6.79 Å². The molecule has 0 aliphatic carbocycles. The molecule has 7 nitrogen and oxygen atoms in total. The second-order valence-corrected chi connectivity index (χ2v) is 6.46. The Labute approximate surface area is 169 Å². The van der Waals surface area contributed by atoms with Crippen LogP contribution in [0.1, 0.15) is 35.7 Å². The van der Waals surface area contributed by atoms with E-state index in [0.29, 0.717) is 34.9 Å². The van der Waals surface area contributed by atoms with Crippen LogP contribution in [0.3, 0.4) is 0 Å². The molecule has 0 aromatic heterocycles. The lowest BCUT2D eigenvalue weighted by Crippen LogP contribution is -2.35. The van der Waals surface area contributed by atoms with E-state index in [1.54, 1.807) is 55.7 Å². The monoisotopic (exact) mass is 396 g/mol. The van der Waals surface area contributed by atoms with Crippen LogP contribution in [-0.4, -0.2) is 32.3 Å². The van der Waals surface area contributed by atoms with Crippen molar-refractivity contribution in [3.8, 4) is 17.2 Å². The standard InChI is InChI=1S/C22H24N2O5/c1-3-4-11-23-22(26)18(12-15-5-10-19-20(13-15)29-14-28-19)24-21(25)16-6-8-17(27-2)9-7-16/h5-10,12-13H,3-4,11,14H2,1-2H3,(H,23,26)(H,24,25). The molecule has 0 saturated heterocycles. The van der Waals surface area contributed by atoms with Crippen LogP contribution in [0.15, 0.2) is 48.2 Å². The molecule has 2 aromatic carbocycles. The largest absolute Gasteiger partial charge is 0.497 e. The van der Waals surface area contributed by atoms with Crippen molar-refractivity contribution in [2.75, 3.05) is 20.4 Å². The quantitative estimate of drug-likeness (QED) is 0.529.